The van der Waals surface area contributed by atoms with Gasteiger partial charge in [-0.05, 0) is 56.4 Å². The molecule has 0 aliphatic heterocycles. The summed E-state index contributed by atoms with van der Waals surface area (Å²) in [5.74, 6) is 0.265. The highest BCUT2D eigenvalue weighted by atomic mass is 19.1. The maximum atomic E-state index is 13.1. The van der Waals surface area contributed by atoms with E-state index in [0.29, 0.717) is 17.1 Å². The van der Waals surface area contributed by atoms with Crippen molar-refractivity contribution in [3.8, 4) is 11.1 Å². The summed E-state index contributed by atoms with van der Waals surface area (Å²) in [6.45, 7) is 3.96. The van der Waals surface area contributed by atoms with Crippen LogP contribution in [0.5, 0.6) is 0 Å². The Balaban J connectivity index is 1.68. The van der Waals surface area contributed by atoms with Gasteiger partial charge >= 0.3 is 0 Å². The highest BCUT2D eigenvalue weighted by Gasteiger charge is 2.29. The maximum Gasteiger partial charge on any atom is 0.255 e. The van der Waals surface area contributed by atoms with Crippen LogP contribution in [0.2, 0.25) is 0 Å². The predicted molar refractivity (Wildman–Crippen MR) is 95.0 cm³/mol. The molecular weight excluding hydrogens is 317 g/mol. The Bertz CT molecular complexity index is 941. The fourth-order valence-electron chi connectivity index (χ4n) is 3.20. The SMILES string of the molecule is Cc1nc2c(C(=O)N[C@@H](C)C3CC3)ccn2cc1-c1ccc(F)cc1. The number of rotatable bonds is 4. The van der Waals surface area contributed by atoms with Gasteiger partial charge in [-0.3, -0.25) is 4.79 Å². The van der Waals surface area contributed by atoms with Crippen LogP contribution in [-0.4, -0.2) is 21.3 Å². The molecule has 0 spiro atoms. The lowest BCUT2D eigenvalue weighted by molar-refractivity contribution is 0.0937. The van der Waals surface area contributed by atoms with E-state index in [0.717, 1.165) is 16.8 Å². The Morgan fingerprint density at radius 2 is 2.00 bits per heavy atom. The molecule has 4 rings (SSSR count). The van der Waals surface area contributed by atoms with Gasteiger partial charge in [0.1, 0.15) is 11.5 Å². The number of aryl methyl sites for hydroxylation is 1. The number of nitrogens with one attached hydrogen (secondary N) is 1. The lowest BCUT2D eigenvalue weighted by Gasteiger charge is -2.12. The number of fused-ring (bicyclic) bond motifs is 1. The van der Waals surface area contributed by atoms with Crippen molar-refractivity contribution in [1.82, 2.24) is 14.7 Å². The van der Waals surface area contributed by atoms with Gasteiger partial charge in [0.05, 0.1) is 5.56 Å². The van der Waals surface area contributed by atoms with E-state index in [1.807, 2.05) is 23.7 Å². The van der Waals surface area contributed by atoms with E-state index in [1.165, 1.54) is 25.0 Å². The molecule has 1 atom stereocenters. The number of nitrogens with zero attached hydrogens (tertiary/aromatic N) is 2. The van der Waals surface area contributed by atoms with Crippen molar-refractivity contribution in [1.29, 1.82) is 0 Å². The van der Waals surface area contributed by atoms with Crippen molar-refractivity contribution in [3.05, 3.63) is 59.8 Å². The van der Waals surface area contributed by atoms with E-state index in [9.17, 15) is 9.18 Å². The molecule has 0 unspecified atom stereocenters. The van der Waals surface area contributed by atoms with E-state index in [2.05, 4.69) is 17.2 Å². The number of aromatic nitrogens is 2. The molecular formula is C20H20FN3O. The number of hydrogen-bond donors (Lipinski definition) is 1. The topological polar surface area (TPSA) is 46.4 Å². The van der Waals surface area contributed by atoms with Crippen LogP contribution in [0.4, 0.5) is 4.39 Å². The summed E-state index contributed by atoms with van der Waals surface area (Å²) in [5, 5.41) is 3.07. The van der Waals surface area contributed by atoms with Gasteiger partial charge in [-0.25, -0.2) is 9.37 Å². The Labute approximate surface area is 145 Å². The van der Waals surface area contributed by atoms with Crippen LogP contribution in [0.15, 0.2) is 42.7 Å². The quantitative estimate of drug-likeness (QED) is 0.783. The van der Waals surface area contributed by atoms with Gasteiger partial charge in [0.25, 0.3) is 5.91 Å². The molecule has 1 saturated carbocycles. The highest BCUT2D eigenvalue weighted by molar-refractivity contribution is 6.00. The Hall–Kier alpha value is -2.69. The monoisotopic (exact) mass is 337 g/mol. The van der Waals surface area contributed by atoms with Gasteiger partial charge in [-0.15, -0.1) is 0 Å². The van der Waals surface area contributed by atoms with Crippen LogP contribution < -0.4 is 5.32 Å². The number of halogens is 1. The van der Waals surface area contributed by atoms with Gasteiger partial charge in [-0.2, -0.15) is 0 Å². The molecule has 2 heterocycles. The lowest BCUT2D eigenvalue weighted by atomic mass is 10.1. The van der Waals surface area contributed by atoms with Crippen molar-refractivity contribution >= 4 is 11.6 Å². The summed E-state index contributed by atoms with van der Waals surface area (Å²) in [5.41, 5.74) is 3.85. The van der Waals surface area contributed by atoms with Gasteiger partial charge in [-0.1, -0.05) is 12.1 Å². The molecule has 0 bridgehead atoms. The first-order valence-electron chi connectivity index (χ1n) is 8.58. The van der Waals surface area contributed by atoms with Gasteiger partial charge in [0.2, 0.25) is 0 Å². The third-order valence-electron chi connectivity index (χ3n) is 4.91. The van der Waals surface area contributed by atoms with Crippen molar-refractivity contribution in [2.45, 2.75) is 32.7 Å². The Morgan fingerprint density at radius 3 is 2.68 bits per heavy atom. The highest BCUT2D eigenvalue weighted by Crippen LogP contribution is 2.32. The maximum absolute atomic E-state index is 13.1. The molecule has 128 valence electrons. The Morgan fingerprint density at radius 1 is 1.28 bits per heavy atom. The van der Waals surface area contributed by atoms with E-state index >= 15 is 0 Å². The second-order valence-corrected chi connectivity index (χ2v) is 6.81. The average molecular weight is 337 g/mol. The fourth-order valence-corrected chi connectivity index (χ4v) is 3.20. The van der Waals surface area contributed by atoms with Crippen LogP contribution in [0, 0.1) is 18.7 Å². The molecule has 1 fully saturated rings. The summed E-state index contributed by atoms with van der Waals surface area (Å²) >= 11 is 0. The molecule has 0 radical (unpaired) electrons. The minimum atomic E-state index is -0.264. The van der Waals surface area contributed by atoms with Gasteiger partial charge < -0.3 is 9.72 Å². The summed E-state index contributed by atoms with van der Waals surface area (Å²) in [7, 11) is 0. The zero-order chi connectivity index (χ0) is 17.6. The zero-order valence-corrected chi connectivity index (χ0v) is 14.3. The largest absolute Gasteiger partial charge is 0.349 e. The second-order valence-electron chi connectivity index (χ2n) is 6.81. The van der Waals surface area contributed by atoms with Crippen molar-refractivity contribution in [3.63, 3.8) is 0 Å². The van der Waals surface area contributed by atoms with Crippen molar-refractivity contribution in [2.24, 2.45) is 5.92 Å². The first kappa shape index (κ1) is 15.8. The number of amides is 1. The van der Waals surface area contributed by atoms with Crippen LogP contribution in [-0.2, 0) is 0 Å². The van der Waals surface area contributed by atoms with E-state index < -0.39 is 0 Å². The fraction of sp³-hybridized carbons (Fsp3) is 0.300. The number of carbonyl (C=O) groups excluding carboxylic acids is 1. The van der Waals surface area contributed by atoms with Crippen LogP contribution in [0.25, 0.3) is 16.8 Å². The molecule has 1 aliphatic rings. The molecule has 1 amide bonds. The smallest absolute Gasteiger partial charge is 0.255 e. The average Bonchev–Trinajstić information content (AvgIpc) is 3.36. The molecule has 3 aromatic rings. The molecule has 1 aliphatic carbocycles. The van der Waals surface area contributed by atoms with Crippen LogP contribution in [0.1, 0.15) is 35.8 Å². The van der Waals surface area contributed by atoms with E-state index in [1.54, 1.807) is 18.2 Å². The second kappa shape index (κ2) is 5.99. The number of benzene rings is 1. The summed E-state index contributed by atoms with van der Waals surface area (Å²) in [6, 6.07) is 8.34. The summed E-state index contributed by atoms with van der Waals surface area (Å²) in [6.07, 6.45) is 6.16. The van der Waals surface area contributed by atoms with Gasteiger partial charge in [0.15, 0.2) is 0 Å². The zero-order valence-electron chi connectivity index (χ0n) is 14.3. The lowest BCUT2D eigenvalue weighted by Crippen LogP contribution is -2.34. The first-order chi connectivity index (χ1) is 12.0. The van der Waals surface area contributed by atoms with Crippen LogP contribution >= 0.6 is 0 Å². The molecule has 5 heteroatoms. The summed E-state index contributed by atoms with van der Waals surface area (Å²) < 4.78 is 15.0. The van der Waals surface area contributed by atoms with Crippen molar-refractivity contribution in [2.75, 3.05) is 0 Å². The molecule has 1 aromatic carbocycles. The third kappa shape index (κ3) is 3.02. The normalized spacial score (nSPS) is 15.3. The minimum absolute atomic E-state index is 0.0802. The summed E-state index contributed by atoms with van der Waals surface area (Å²) in [4.78, 5) is 17.2. The Kier molecular flexibility index (Phi) is 3.79. The molecule has 4 nitrogen and oxygen atoms in total. The van der Waals surface area contributed by atoms with E-state index in [4.69, 9.17) is 0 Å². The molecule has 1 N–H and O–H groups in total. The third-order valence-corrected chi connectivity index (χ3v) is 4.91. The van der Waals surface area contributed by atoms with Gasteiger partial charge in [0, 0.05) is 29.7 Å². The molecule has 25 heavy (non-hydrogen) atoms. The standard InChI is InChI=1S/C20H20FN3O/c1-12(14-3-4-14)23-20(25)17-9-10-24-11-18(13(2)22-19(17)24)15-5-7-16(21)8-6-15/h5-12,14H,3-4H2,1-2H3,(H,23,25)/t12-/m0/s1. The first-order valence-corrected chi connectivity index (χ1v) is 8.58. The minimum Gasteiger partial charge on any atom is -0.349 e. The molecule has 2 aromatic heterocycles. The van der Waals surface area contributed by atoms with Crippen LogP contribution in [0.3, 0.4) is 0 Å². The predicted octanol–water partition coefficient (Wildman–Crippen LogP) is 3.98. The van der Waals surface area contributed by atoms with E-state index in [-0.39, 0.29) is 17.8 Å². The molecule has 0 saturated heterocycles. The van der Waals surface area contributed by atoms with Crippen molar-refractivity contribution < 1.29 is 9.18 Å². The number of carbonyl (C=O) groups is 1. The number of hydrogen-bond acceptors (Lipinski definition) is 2.